The summed E-state index contributed by atoms with van der Waals surface area (Å²) in [5.41, 5.74) is 0.773. The van der Waals surface area contributed by atoms with E-state index in [2.05, 4.69) is 24.1 Å². The molecule has 3 rings (SSSR count). The van der Waals surface area contributed by atoms with Crippen molar-refractivity contribution in [3.05, 3.63) is 30.1 Å². The summed E-state index contributed by atoms with van der Waals surface area (Å²) in [6, 6.07) is 6.13. The number of likely N-dealkylation sites (tertiary alicyclic amines) is 1. The summed E-state index contributed by atoms with van der Waals surface area (Å²) < 4.78 is 13.2. The van der Waals surface area contributed by atoms with Crippen LogP contribution in [0.3, 0.4) is 0 Å². The number of piperidine rings is 1. The van der Waals surface area contributed by atoms with Gasteiger partial charge in [-0.15, -0.1) is 0 Å². The Kier molecular flexibility index (Phi) is 4.72. The lowest BCUT2D eigenvalue weighted by molar-refractivity contribution is -0.118. The second-order valence-corrected chi connectivity index (χ2v) is 7.43. The SMILES string of the molecule is CC[C@@H](C)CN1CCC2(CC1)C[C@H]2C(=O)Nc1cccc(F)c1. The third-order valence-corrected chi connectivity index (χ3v) is 5.72. The maximum atomic E-state index is 13.2. The monoisotopic (exact) mass is 318 g/mol. The Morgan fingerprint density at radius 2 is 2.17 bits per heavy atom. The fourth-order valence-corrected chi connectivity index (χ4v) is 3.82. The summed E-state index contributed by atoms with van der Waals surface area (Å²) in [6.45, 7) is 7.93. The van der Waals surface area contributed by atoms with Gasteiger partial charge >= 0.3 is 0 Å². The smallest absolute Gasteiger partial charge is 0.228 e. The minimum absolute atomic E-state index is 0.0611. The maximum absolute atomic E-state index is 13.2. The predicted octanol–water partition coefficient (Wildman–Crippen LogP) is 3.91. The molecule has 1 aromatic carbocycles. The molecular formula is C19H27FN2O. The van der Waals surface area contributed by atoms with E-state index in [4.69, 9.17) is 0 Å². The van der Waals surface area contributed by atoms with Crippen LogP contribution in [0.4, 0.5) is 10.1 Å². The lowest BCUT2D eigenvalue weighted by atomic mass is 9.90. The Hall–Kier alpha value is -1.42. The molecule has 0 unspecified atom stereocenters. The van der Waals surface area contributed by atoms with Gasteiger partial charge < -0.3 is 10.2 Å². The number of hydrogen-bond acceptors (Lipinski definition) is 2. The van der Waals surface area contributed by atoms with Crippen LogP contribution in [0.15, 0.2) is 24.3 Å². The van der Waals surface area contributed by atoms with Crippen LogP contribution < -0.4 is 5.32 Å². The largest absolute Gasteiger partial charge is 0.326 e. The summed E-state index contributed by atoms with van der Waals surface area (Å²) in [5.74, 6) is 0.601. The van der Waals surface area contributed by atoms with Crippen LogP contribution in [0.2, 0.25) is 0 Å². The van der Waals surface area contributed by atoms with E-state index in [0.29, 0.717) is 5.69 Å². The molecule has 0 bridgehead atoms. The van der Waals surface area contributed by atoms with E-state index in [9.17, 15) is 9.18 Å². The van der Waals surface area contributed by atoms with E-state index in [-0.39, 0.29) is 23.1 Å². The summed E-state index contributed by atoms with van der Waals surface area (Å²) in [4.78, 5) is 15.0. The molecule has 0 aromatic heterocycles. The van der Waals surface area contributed by atoms with Crippen LogP contribution in [0.25, 0.3) is 0 Å². The molecule has 23 heavy (non-hydrogen) atoms. The molecule has 1 heterocycles. The molecule has 1 amide bonds. The van der Waals surface area contributed by atoms with Crippen molar-refractivity contribution >= 4 is 11.6 Å². The van der Waals surface area contributed by atoms with Crippen molar-refractivity contribution in [1.29, 1.82) is 0 Å². The average molecular weight is 318 g/mol. The van der Waals surface area contributed by atoms with Crippen LogP contribution in [-0.4, -0.2) is 30.4 Å². The van der Waals surface area contributed by atoms with E-state index in [0.717, 1.165) is 38.3 Å². The van der Waals surface area contributed by atoms with Gasteiger partial charge in [0.25, 0.3) is 0 Å². The van der Waals surface area contributed by atoms with Crippen molar-refractivity contribution in [2.24, 2.45) is 17.3 Å². The number of carbonyl (C=O) groups is 1. The lowest BCUT2D eigenvalue weighted by Crippen LogP contribution is -2.38. The van der Waals surface area contributed by atoms with Crippen LogP contribution >= 0.6 is 0 Å². The van der Waals surface area contributed by atoms with Gasteiger partial charge in [0, 0.05) is 18.2 Å². The Morgan fingerprint density at radius 1 is 1.43 bits per heavy atom. The van der Waals surface area contributed by atoms with E-state index in [1.807, 2.05) is 0 Å². The van der Waals surface area contributed by atoms with Gasteiger partial charge in [0.1, 0.15) is 5.82 Å². The summed E-state index contributed by atoms with van der Waals surface area (Å²) in [7, 11) is 0. The highest BCUT2D eigenvalue weighted by atomic mass is 19.1. The van der Waals surface area contributed by atoms with Gasteiger partial charge in [-0.05, 0) is 61.9 Å². The number of amides is 1. The van der Waals surface area contributed by atoms with Crippen LogP contribution in [0.1, 0.15) is 39.5 Å². The Labute approximate surface area is 138 Å². The standard InChI is InChI=1S/C19H27FN2O/c1-3-14(2)13-22-9-7-19(8-10-22)12-17(19)18(23)21-16-6-4-5-15(20)11-16/h4-6,11,14,17H,3,7-10,12-13H2,1-2H3,(H,21,23)/t14-,17+/m1/s1. The van der Waals surface area contributed by atoms with Gasteiger partial charge in [0.15, 0.2) is 0 Å². The number of hydrogen-bond donors (Lipinski definition) is 1. The molecule has 1 aromatic rings. The van der Waals surface area contributed by atoms with Gasteiger partial charge in [0.05, 0.1) is 0 Å². The lowest BCUT2D eigenvalue weighted by Gasteiger charge is -2.34. The number of rotatable bonds is 5. The molecule has 1 spiro atoms. The fraction of sp³-hybridized carbons (Fsp3) is 0.632. The first-order valence-corrected chi connectivity index (χ1v) is 8.81. The number of benzene rings is 1. The molecule has 3 nitrogen and oxygen atoms in total. The number of carbonyl (C=O) groups excluding carboxylic acids is 1. The zero-order valence-corrected chi connectivity index (χ0v) is 14.1. The molecule has 1 N–H and O–H groups in total. The Morgan fingerprint density at radius 3 is 2.83 bits per heavy atom. The molecule has 2 fully saturated rings. The van der Waals surface area contributed by atoms with E-state index in [1.54, 1.807) is 12.1 Å². The second kappa shape index (κ2) is 6.60. The van der Waals surface area contributed by atoms with Crippen molar-refractivity contribution in [1.82, 2.24) is 4.90 Å². The second-order valence-electron chi connectivity index (χ2n) is 7.43. The highest BCUT2D eigenvalue weighted by Crippen LogP contribution is 2.59. The highest BCUT2D eigenvalue weighted by molar-refractivity contribution is 5.95. The van der Waals surface area contributed by atoms with Crippen LogP contribution in [0, 0.1) is 23.1 Å². The first kappa shape index (κ1) is 16.4. The summed E-state index contributed by atoms with van der Waals surface area (Å²) >= 11 is 0. The average Bonchev–Trinajstić information content (AvgIpc) is 3.24. The number of halogens is 1. The molecule has 2 aliphatic rings. The Bertz CT molecular complexity index is 566. The van der Waals surface area contributed by atoms with E-state index in [1.165, 1.54) is 25.1 Å². The minimum Gasteiger partial charge on any atom is -0.326 e. The quantitative estimate of drug-likeness (QED) is 0.892. The van der Waals surface area contributed by atoms with Crippen molar-refractivity contribution in [2.75, 3.05) is 25.0 Å². The van der Waals surface area contributed by atoms with E-state index < -0.39 is 0 Å². The maximum Gasteiger partial charge on any atom is 0.228 e. The molecule has 1 aliphatic heterocycles. The number of nitrogens with zero attached hydrogens (tertiary/aromatic N) is 1. The van der Waals surface area contributed by atoms with Gasteiger partial charge in [-0.3, -0.25) is 4.79 Å². The van der Waals surface area contributed by atoms with Crippen LogP contribution in [-0.2, 0) is 4.79 Å². The first-order valence-electron chi connectivity index (χ1n) is 8.81. The van der Waals surface area contributed by atoms with Crippen molar-refractivity contribution in [3.8, 4) is 0 Å². The number of nitrogens with one attached hydrogen (secondary N) is 1. The first-order chi connectivity index (χ1) is 11.0. The summed E-state index contributed by atoms with van der Waals surface area (Å²) in [6.07, 6.45) is 4.45. The molecule has 0 radical (unpaired) electrons. The van der Waals surface area contributed by atoms with Crippen LogP contribution in [0.5, 0.6) is 0 Å². The molecular weight excluding hydrogens is 291 g/mol. The molecule has 1 saturated carbocycles. The summed E-state index contributed by atoms with van der Waals surface area (Å²) in [5, 5.41) is 2.88. The van der Waals surface area contributed by atoms with Crippen molar-refractivity contribution in [2.45, 2.75) is 39.5 Å². The van der Waals surface area contributed by atoms with Crippen molar-refractivity contribution < 1.29 is 9.18 Å². The van der Waals surface area contributed by atoms with Gasteiger partial charge in [0.2, 0.25) is 5.91 Å². The zero-order valence-electron chi connectivity index (χ0n) is 14.1. The third kappa shape index (κ3) is 3.74. The normalized spacial score (nSPS) is 24.4. The van der Waals surface area contributed by atoms with Gasteiger partial charge in [-0.1, -0.05) is 26.3 Å². The number of anilines is 1. The molecule has 4 heteroatoms. The Balaban J connectivity index is 1.50. The molecule has 1 saturated heterocycles. The predicted molar refractivity (Wildman–Crippen MR) is 90.7 cm³/mol. The minimum atomic E-state index is -0.313. The molecule has 2 atom stereocenters. The highest BCUT2D eigenvalue weighted by Gasteiger charge is 2.58. The third-order valence-electron chi connectivity index (χ3n) is 5.72. The van der Waals surface area contributed by atoms with Gasteiger partial charge in [-0.25, -0.2) is 4.39 Å². The van der Waals surface area contributed by atoms with E-state index >= 15 is 0 Å². The zero-order chi connectivity index (χ0) is 16.4. The fourth-order valence-electron chi connectivity index (χ4n) is 3.82. The topological polar surface area (TPSA) is 32.3 Å². The van der Waals surface area contributed by atoms with Gasteiger partial charge in [-0.2, -0.15) is 0 Å². The molecule has 1 aliphatic carbocycles. The molecule has 126 valence electrons. The van der Waals surface area contributed by atoms with Crippen molar-refractivity contribution in [3.63, 3.8) is 0 Å².